The molecule has 4 nitrogen and oxygen atoms in total. The summed E-state index contributed by atoms with van der Waals surface area (Å²) in [5, 5.41) is 9.57. The molecule has 1 aromatic carbocycles. The average molecular weight is 239 g/mol. The monoisotopic (exact) mass is 239 g/mol. The third-order valence-electron chi connectivity index (χ3n) is 2.26. The first-order chi connectivity index (χ1) is 8.26. The van der Waals surface area contributed by atoms with Crippen molar-refractivity contribution in [2.45, 2.75) is 26.0 Å². The highest BCUT2D eigenvalue weighted by Gasteiger charge is 2.05. The fraction of sp³-hybridized carbons (Fsp3) is 0.538. The molecular weight excluding hydrogens is 218 g/mol. The van der Waals surface area contributed by atoms with Crippen LogP contribution in [0.3, 0.4) is 0 Å². The number of nitrogens with two attached hydrogens (primary N) is 1. The maximum absolute atomic E-state index is 9.57. The Kier molecular flexibility index (Phi) is 6.62. The van der Waals surface area contributed by atoms with Crippen molar-refractivity contribution in [3.05, 3.63) is 29.8 Å². The highest BCUT2D eigenvalue weighted by molar-refractivity contribution is 5.27. The summed E-state index contributed by atoms with van der Waals surface area (Å²) in [5.41, 5.74) is 6.55. The Morgan fingerprint density at radius 3 is 2.53 bits per heavy atom. The van der Waals surface area contributed by atoms with Crippen LogP contribution >= 0.6 is 0 Å². The second kappa shape index (κ2) is 8.06. The minimum Gasteiger partial charge on any atom is -0.491 e. The first kappa shape index (κ1) is 14.0. The van der Waals surface area contributed by atoms with Gasteiger partial charge in [0, 0.05) is 13.2 Å². The van der Waals surface area contributed by atoms with Crippen LogP contribution in [0.5, 0.6) is 5.75 Å². The zero-order chi connectivity index (χ0) is 12.5. The van der Waals surface area contributed by atoms with Crippen molar-refractivity contribution < 1.29 is 14.6 Å². The van der Waals surface area contributed by atoms with Gasteiger partial charge in [-0.2, -0.15) is 0 Å². The Bertz CT molecular complexity index is 300. The molecule has 0 radical (unpaired) electrons. The third-order valence-corrected chi connectivity index (χ3v) is 2.26. The fourth-order valence-corrected chi connectivity index (χ4v) is 1.33. The number of hydrogen-bond acceptors (Lipinski definition) is 4. The molecule has 0 aliphatic heterocycles. The minimum absolute atomic E-state index is 0.242. The van der Waals surface area contributed by atoms with Crippen LogP contribution < -0.4 is 10.5 Å². The van der Waals surface area contributed by atoms with Gasteiger partial charge in [0.2, 0.25) is 0 Å². The van der Waals surface area contributed by atoms with Gasteiger partial charge in [-0.25, -0.2) is 0 Å². The van der Waals surface area contributed by atoms with Crippen molar-refractivity contribution in [2.24, 2.45) is 5.73 Å². The van der Waals surface area contributed by atoms with Gasteiger partial charge in [0.15, 0.2) is 0 Å². The van der Waals surface area contributed by atoms with Crippen LogP contribution in [0.25, 0.3) is 0 Å². The van der Waals surface area contributed by atoms with E-state index in [-0.39, 0.29) is 6.61 Å². The highest BCUT2D eigenvalue weighted by atomic mass is 16.5. The zero-order valence-electron chi connectivity index (χ0n) is 10.3. The SMILES string of the molecule is CCCOCC(O)COc1ccc(CN)cc1. The molecule has 0 aliphatic carbocycles. The lowest BCUT2D eigenvalue weighted by atomic mass is 10.2. The van der Waals surface area contributed by atoms with E-state index in [9.17, 15) is 5.11 Å². The molecule has 1 unspecified atom stereocenters. The molecule has 0 aliphatic rings. The van der Waals surface area contributed by atoms with E-state index in [4.69, 9.17) is 15.2 Å². The summed E-state index contributed by atoms with van der Waals surface area (Å²) in [6.07, 6.45) is 0.365. The maximum Gasteiger partial charge on any atom is 0.119 e. The molecule has 0 bridgehead atoms. The Morgan fingerprint density at radius 1 is 1.24 bits per heavy atom. The van der Waals surface area contributed by atoms with Crippen molar-refractivity contribution in [3.63, 3.8) is 0 Å². The first-order valence-electron chi connectivity index (χ1n) is 5.94. The van der Waals surface area contributed by atoms with E-state index < -0.39 is 6.10 Å². The van der Waals surface area contributed by atoms with Gasteiger partial charge in [0.1, 0.15) is 18.5 Å². The lowest BCUT2D eigenvalue weighted by Crippen LogP contribution is -2.23. The standard InChI is InChI=1S/C13H21NO3/c1-2-7-16-9-12(15)10-17-13-5-3-11(8-14)4-6-13/h3-6,12,15H,2,7-10,14H2,1H3. The Morgan fingerprint density at radius 2 is 1.94 bits per heavy atom. The molecular formula is C13H21NO3. The van der Waals surface area contributed by atoms with Gasteiger partial charge in [0.25, 0.3) is 0 Å². The van der Waals surface area contributed by atoms with Crippen molar-refractivity contribution in [1.29, 1.82) is 0 Å². The molecule has 1 atom stereocenters. The minimum atomic E-state index is -0.587. The molecule has 96 valence electrons. The van der Waals surface area contributed by atoms with E-state index in [0.717, 1.165) is 17.7 Å². The van der Waals surface area contributed by atoms with Crippen LogP contribution in [0.15, 0.2) is 24.3 Å². The average Bonchev–Trinajstić information content (AvgIpc) is 2.37. The summed E-state index contributed by atoms with van der Waals surface area (Å²) < 4.78 is 10.7. The topological polar surface area (TPSA) is 64.7 Å². The van der Waals surface area contributed by atoms with Gasteiger partial charge in [-0.15, -0.1) is 0 Å². The number of benzene rings is 1. The highest BCUT2D eigenvalue weighted by Crippen LogP contribution is 2.12. The largest absolute Gasteiger partial charge is 0.491 e. The second-order valence-corrected chi connectivity index (χ2v) is 3.89. The van der Waals surface area contributed by atoms with Crippen molar-refractivity contribution in [1.82, 2.24) is 0 Å². The molecule has 0 spiro atoms. The van der Waals surface area contributed by atoms with Crippen LogP contribution in [0.2, 0.25) is 0 Å². The molecule has 1 rings (SSSR count). The van der Waals surface area contributed by atoms with E-state index in [1.807, 2.05) is 31.2 Å². The van der Waals surface area contributed by atoms with Gasteiger partial charge in [0.05, 0.1) is 6.61 Å². The van der Waals surface area contributed by atoms with E-state index in [1.54, 1.807) is 0 Å². The Labute approximate surface area is 102 Å². The molecule has 0 saturated heterocycles. The van der Waals surface area contributed by atoms with Gasteiger partial charge >= 0.3 is 0 Å². The normalized spacial score (nSPS) is 12.4. The smallest absolute Gasteiger partial charge is 0.119 e. The van der Waals surface area contributed by atoms with Crippen LogP contribution in [0.4, 0.5) is 0 Å². The quantitative estimate of drug-likeness (QED) is 0.671. The molecule has 0 fully saturated rings. The molecule has 0 amide bonds. The molecule has 0 saturated carbocycles. The molecule has 3 N–H and O–H groups in total. The number of rotatable bonds is 8. The predicted octanol–water partition coefficient (Wildman–Crippen LogP) is 1.31. The summed E-state index contributed by atoms with van der Waals surface area (Å²) >= 11 is 0. The van der Waals surface area contributed by atoms with Crippen LogP contribution in [-0.2, 0) is 11.3 Å². The van der Waals surface area contributed by atoms with Crippen molar-refractivity contribution in [2.75, 3.05) is 19.8 Å². The summed E-state index contributed by atoms with van der Waals surface area (Å²) in [6, 6.07) is 7.52. The van der Waals surface area contributed by atoms with Gasteiger partial charge in [-0.1, -0.05) is 19.1 Å². The summed E-state index contributed by atoms with van der Waals surface area (Å²) in [4.78, 5) is 0. The molecule has 4 heteroatoms. The van der Waals surface area contributed by atoms with Gasteiger partial charge < -0.3 is 20.3 Å². The number of ether oxygens (including phenoxy) is 2. The third kappa shape index (κ3) is 5.68. The Balaban J connectivity index is 2.24. The number of aliphatic hydroxyl groups is 1. The van der Waals surface area contributed by atoms with Crippen molar-refractivity contribution in [3.8, 4) is 5.75 Å². The molecule has 1 aromatic rings. The number of hydrogen-bond donors (Lipinski definition) is 2. The predicted molar refractivity (Wildman–Crippen MR) is 66.9 cm³/mol. The Hall–Kier alpha value is -1.10. The van der Waals surface area contributed by atoms with E-state index in [2.05, 4.69) is 0 Å². The molecule has 17 heavy (non-hydrogen) atoms. The van der Waals surface area contributed by atoms with E-state index in [1.165, 1.54) is 0 Å². The van der Waals surface area contributed by atoms with Crippen LogP contribution in [0.1, 0.15) is 18.9 Å². The summed E-state index contributed by atoms with van der Waals surface area (Å²) in [5.74, 6) is 0.733. The lowest BCUT2D eigenvalue weighted by molar-refractivity contribution is 0.0123. The molecule has 0 aromatic heterocycles. The molecule has 0 heterocycles. The second-order valence-electron chi connectivity index (χ2n) is 3.89. The van der Waals surface area contributed by atoms with E-state index >= 15 is 0 Å². The number of aliphatic hydroxyl groups excluding tert-OH is 1. The van der Waals surface area contributed by atoms with E-state index in [0.29, 0.717) is 19.8 Å². The first-order valence-corrected chi connectivity index (χ1v) is 5.94. The van der Waals surface area contributed by atoms with Gasteiger partial charge in [-0.3, -0.25) is 0 Å². The van der Waals surface area contributed by atoms with Crippen molar-refractivity contribution >= 4 is 0 Å². The summed E-state index contributed by atoms with van der Waals surface area (Å²) in [7, 11) is 0. The van der Waals surface area contributed by atoms with Crippen LogP contribution in [0, 0.1) is 0 Å². The zero-order valence-corrected chi connectivity index (χ0v) is 10.3. The van der Waals surface area contributed by atoms with Crippen LogP contribution in [-0.4, -0.2) is 31.0 Å². The maximum atomic E-state index is 9.57. The summed E-state index contributed by atoms with van der Waals surface area (Å²) in [6.45, 7) is 3.78. The van der Waals surface area contributed by atoms with Gasteiger partial charge in [-0.05, 0) is 24.1 Å². The lowest BCUT2D eigenvalue weighted by Gasteiger charge is -2.12. The fourth-order valence-electron chi connectivity index (χ4n) is 1.33.